The van der Waals surface area contributed by atoms with Crippen LogP contribution in [0, 0.1) is 0 Å². The molecule has 4 rings (SSSR count). The van der Waals surface area contributed by atoms with Gasteiger partial charge in [-0.3, -0.25) is 9.55 Å². The lowest BCUT2D eigenvalue weighted by Gasteiger charge is -2.06. The van der Waals surface area contributed by atoms with Gasteiger partial charge < -0.3 is 0 Å². The number of imidazole rings is 1. The van der Waals surface area contributed by atoms with E-state index in [9.17, 15) is 0 Å². The van der Waals surface area contributed by atoms with Crippen molar-refractivity contribution >= 4 is 23.2 Å². The molecule has 0 N–H and O–H groups in total. The number of para-hydroxylation sites is 3. The quantitative estimate of drug-likeness (QED) is 0.553. The number of hydrogen-bond donors (Lipinski definition) is 0. The fourth-order valence-corrected chi connectivity index (χ4v) is 2.64. The highest BCUT2D eigenvalue weighted by Gasteiger charge is 2.09. The van der Waals surface area contributed by atoms with Crippen molar-refractivity contribution in [1.82, 2.24) is 14.5 Å². The van der Waals surface area contributed by atoms with E-state index in [1.165, 1.54) is 0 Å². The summed E-state index contributed by atoms with van der Waals surface area (Å²) >= 11 is 0. The standard InChI is InChI=1S/C20H15N3/c1-2-9-17(10-3-1)23-19-12-5-4-11-18(19)22-20(23)14-13-16-8-6-7-15-21-16/h1-15H. The van der Waals surface area contributed by atoms with E-state index in [-0.39, 0.29) is 0 Å². The van der Waals surface area contributed by atoms with Crippen molar-refractivity contribution in [2.75, 3.05) is 0 Å². The van der Waals surface area contributed by atoms with Crippen LogP contribution in [0.5, 0.6) is 0 Å². The van der Waals surface area contributed by atoms with Gasteiger partial charge in [0.2, 0.25) is 0 Å². The molecule has 0 unspecified atom stereocenters. The van der Waals surface area contributed by atoms with Crippen LogP contribution >= 0.6 is 0 Å². The van der Waals surface area contributed by atoms with Gasteiger partial charge in [-0.15, -0.1) is 0 Å². The Hall–Kier alpha value is -3.20. The third-order valence-corrected chi connectivity index (χ3v) is 3.69. The van der Waals surface area contributed by atoms with Gasteiger partial charge in [-0.05, 0) is 48.6 Å². The van der Waals surface area contributed by atoms with Crippen LogP contribution in [0.4, 0.5) is 0 Å². The van der Waals surface area contributed by atoms with Crippen LogP contribution in [-0.2, 0) is 0 Å². The zero-order chi connectivity index (χ0) is 15.5. The first-order valence-corrected chi connectivity index (χ1v) is 7.54. The second-order valence-corrected chi connectivity index (χ2v) is 5.22. The van der Waals surface area contributed by atoms with Crippen LogP contribution in [0.15, 0.2) is 79.0 Å². The summed E-state index contributed by atoms with van der Waals surface area (Å²) in [6, 6.07) is 24.3. The third kappa shape index (κ3) is 2.64. The van der Waals surface area contributed by atoms with E-state index in [4.69, 9.17) is 4.98 Å². The van der Waals surface area contributed by atoms with Crippen LogP contribution in [0.3, 0.4) is 0 Å². The zero-order valence-electron chi connectivity index (χ0n) is 12.5. The molecule has 3 nitrogen and oxygen atoms in total. The molecule has 0 saturated heterocycles. The first kappa shape index (κ1) is 13.5. The predicted molar refractivity (Wildman–Crippen MR) is 94.2 cm³/mol. The lowest BCUT2D eigenvalue weighted by Crippen LogP contribution is -1.96. The SMILES string of the molecule is C(=Cc1nc2ccccc2n1-c1ccccc1)c1ccccn1. The molecule has 0 saturated carbocycles. The summed E-state index contributed by atoms with van der Waals surface area (Å²) in [5.74, 6) is 0.892. The second kappa shape index (κ2) is 5.89. The highest BCUT2D eigenvalue weighted by molar-refractivity contribution is 5.81. The van der Waals surface area contributed by atoms with Gasteiger partial charge in [0.25, 0.3) is 0 Å². The van der Waals surface area contributed by atoms with Crippen LogP contribution in [0.25, 0.3) is 28.9 Å². The molecule has 4 aromatic rings. The number of nitrogens with zero attached hydrogens (tertiary/aromatic N) is 3. The predicted octanol–water partition coefficient (Wildman–Crippen LogP) is 4.59. The maximum absolute atomic E-state index is 4.75. The highest BCUT2D eigenvalue weighted by atomic mass is 15.1. The lowest BCUT2D eigenvalue weighted by atomic mass is 10.2. The zero-order valence-corrected chi connectivity index (χ0v) is 12.5. The van der Waals surface area contributed by atoms with Crippen molar-refractivity contribution in [1.29, 1.82) is 0 Å². The van der Waals surface area contributed by atoms with Gasteiger partial charge in [-0.1, -0.05) is 36.4 Å². The molecule has 23 heavy (non-hydrogen) atoms. The van der Waals surface area contributed by atoms with Crippen molar-refractivity contribution in [3.63, 3.8) is 0 Å². The number of hydrogen-bond acceptors (Lipinski definition) is 2. The molecule has 0 spiro atoms. The smallest absolute Gasteiger partial charge is 0.138 e. The van der Waals surface area contributed by atoms with Gasteiger partial charge in [0.05, 0.1) is 16.7 Å². The van der Waals surface area contributed by atoms with E-state index in [1.807, 2.05) is 66.7 Å². The van der Waals surface area contributed by atoms with Crippen molar-refractivity contribution in [2.24, 2.45) is 0 Å². The number of aromatic nitrogens is 3. The molecule has 2 heterocycles. The Morgan fingerprint density at radius 3 is 2.35 bits per heavy atom. The first-order valence-electron chi connectivity index (χ1n) is 7.54. The van der Waals surface area contributed by atoms with E-state index in [0.29, 0.717) is 0 Å². The first-order chi connectivity index (χ1) is 11.4. The molecule has 0 aliphatic heterocycles. The van der Waals surface area contributed by atoms with Crippen molar-refractivity contribution in [3.05, 3.63) is 90.5 Å². The Kier molecular flexibility index (Phi) is 3.45. The van der Waals surface area contributed by atoms with Gasteiger partial charge in [-0.25, -0.2) is 4.98 Å². The molecule has 0 bridgehead atoms. The minimum atomic E-state index is 0.892. The third-order valence-electron chi connectivity index (χ3n) is 3.69. The molecule has 0 fully saturated rings. The topological polar surface area (TPSA) is 30.7 Å². The van der Waals surface area contributed by atoms with Crippen LogP contribution in [0.2, 0.25) is 0 Å². The maximum atomic E-state index is 4.75. The summed E-state index contributed by atoms with van der Waals surface area (Å²) in [6.07, 6.45) is 5.79. The summed E-state index contributed by atoms with van der Waals surface area (Å²) in [7, 11) is 0. The molecule has 0 atom stereocenters. The van der Waals surface area contributed by atoms with Crippen molar-refractivity contribution in [3.8, 4) is 5.69 Å². The number of benzene rings is 2. The Morgan fingerprint density at radius 2 is 1.52 bits per heavy atom. The number of fused-ring (bicyclic) bond motifs is 1. The Bertz CT molecular complexity index is 954. The van der Waals surface area contributed by atoms with Gasteiger partial charge in [0, 0.05) is 11.9 Å². The average Bonchev–Trinajstić information content (AvgIpc) is 3.00. The molecular formula is C20H15N3. The second-order valence-electron chi connectivity index (χ2n) is 5.22. The molecule has 2 aromatic heterocycles. The molecule has 0 aliphatic carbocycles. The van der Waals surface area contributed by atoms with E-state index < -0.39 is 0 Å². The Morgan fingerprint density at radius 1 is 0.739 bits per heavy atom. The average molecular weight is 297 g/mol. The fourth-order valence-electron chi connectivity index (χ4n) is 2.64. The minimum Gasteiger partial charge on any atom is -0.293 e. The molecule has 0 radical (unpaired) electrons. The molecular weight excluding hydrogens is 282 g/mol. The molecule has 3 heteroatoms. The number of rotatable bonds is 3. The Balaban J connectivity index is 1.88. The normalized spacial score (nSPS) is 11.3. The van der Waals surface area contributed by atoms with Crippen LogP contribution in [-0.4, -0.2) is 14.5 Å². The summed E-state index contributed by atoms with van der Waals surface area (Å²) in [5.41, 5.74) is 4.09. The van der Waals surface area contributed by atoms with E-state index in [1.54, 1.807) is 6.20 Å². The summed E-state index contributed by atoms with van der Waals surface area (Å²) in [6.45, 7) is 0. The van der Waals surface area contributed by atoms with Gasteiger partial charge in [-0.2, -0.15) is 0 Å². The van der Waals surface area contributed by atoms with Crippen molar-refractivity contribution < 1.29 is 0 Å². The molecule has 0 amide bonds. The highest BCUT2D eigenvalue weighted by Crippen LogP contribution is 2.22. The van der Waals surface area contributed by atoms with E-state index in [2.05, 4.69) is 27.8 Å². The number of pyridine rings is 1. The fraction of sp³-hybridized carbons (Fsp3) is 0. The monoisotopic (exact) mass is 297 g/mol. The van der Waals surface area contributed by atoms with Crippen molar-refractivity contribution in [2.45, 2.75) is 0 Å². The molecule has 0 aliphatic rings. The summed E-state index contributed by atoms with van der Waals surface area (Å²) < 4.78 is 2.16. The van der Waals surface area contributed by atoms with E-state index >= 15 is 0 Å². The van der Waals surface area contributed by atoms with E-state index in [0.717, 1.165) is 28.2 Å². The Labute approximate surface area is 134 Å². The summed E-state index contributed by atoms with van der Waals surface area (Å²) in [4.78, 5) is 9.08. The van der Waals surface area contributed by atoms with Crippen LogP contribution < -0.4 is 0 Å². The van der Waals surface area contributed by atoms with Gasteiger partial charge in [0.1, 0.15) is 5.82 Å². The lowest BCUT2D eigenvalue weighted by molar-refractivity contribution is 1.07. The molecule has 110 valence electrons. The van der Waals surface area contributed by atoms with Gasteiger partial charge >= 0.3 is 0 Å². The minimum absolute atomic E-state index is 0.892. The van der Waals surface area contributed by atoms with Crippen LogP contribution in [0.1, 0.15) is 11.5 Å². The maximum Gasteiger partial charge on any atom is 0.138 e. The molecule has 2 aromatic carbocycles. The van der Waals surface area contributed by atoms with Gasteiger partial charge in [0.15, 0.2) is 0 Å². The summed E-state index contributed by atoms with van der Waals surface area (Å²) in [5, 5.41) is 0. The largest absolute Gasteiger partial charge is 0.293 e.